The molecule has 2 aromatic heterocycles. The van der Waals surface area contributed by atoms with Gasteiger partial charge < -0.3 is 10.5 Å². The van der Waals surface area contributed by atoms with Crippen LogP contribution in [0, 0.1) is 5.82 Å². The maximum atomic E-state index is 13.6. The molecule has 22 heavy (non-hydrogen) atoms. The normalized spacial score (nSPS) is 11.0. The number of aromatic carboxylic acids is 1. The molecular weight excluding hydrogens is 313 g/mol. The minimum Gasteiger partial charge on any atom is -0.477 e. The van der Waals surface area contributed by atoms with Gasteiger partial charge in [-0.3, -0.25) is 4.79 Å². The van der Waals surface area contributed by atoms with Crippen molar-refractivity contribution in [1.82, 2.24) is 9.66 Å². The summed E-state index contributed by atoms with van der Waals surface area (Å²) in [6.07, 6.45) is 1.15. The van der Waals surface area contributed by atoms with Crippen LogP contribution in [0.1, 0.15) is 10.4 Å². The van der Waals surface area contributed by atoms with Gasteiger partial charge in [0.15, 0.2) is 5.65 Å². The number of benzene rings is 1. The first-order valence-corrected chi connectivity index (χ1v) is 6.56. The van der Waals surface area contributed by atoms with Gasteiger partial charge in [-0.1, -0.05) is 11.6 Å². The van der Waals surface area contributed by atoms with E-state index in [-0.39, 0.29) is 16.1 Å². The molecule has 0 amide bonds. The van der Waals surface area contributed by atoms with Crippen molar-refractivity contribution in [2.24, 2.45) is 0 Å². The van der Waals surface area contributed by atoms with Crippen molar-refractivity contribution in [3.8, 4) is 0 Å². The zero-order chi connectivity index (χ0) is 16.0. The van der Waals surface area contributed by atoms with Gasteiger partial charge in [-0.15, -0.1) is 0 Å². The second-order valence-corrected chi connectivity index (χ2v) is 5.00. The molecule has 0 aliphatic carbocycles. The van der Waals surface area contributed by atoms with Gasteiger partial charge in [-0.2, -0.15) is 0 Å². The highest BCUT2D eigenvalue weighted by atomic mass is 35.5. The van der Waals surface area contributed by atoms with Gasteiger partial charge in [0.25, 0.3) is 0 Å². The molecule has 2 N–H and O–H groups in total. The number of hydrogen-bond donors (Lipinski definition) is 2. The Balaban J connectivity index is 2.52. The largest absolute Gasteiger partial charge is 0.477 e. The van der Waals surface area contributed by atoms with Gasteiger partial charge in [0.05, 0.1) is 15.9 Å². The average molecular weight is 322 g/mol. The van der Waals surface area contributed by atoms with Gasteiger partial charge in [0.2, 0.25) is 5.43 Å². The van der Waals surface area contributed by atoms with Crippen molar-refractivity contribution >= 4 is 39.5 Å². The lowest BCUT2D eigenvalue weighted by molar-refractivity contribution is 0.0695. The lowest BCUT2D eigenvalue weighted by Gasteiger charge is -2.11. The van der Waals surface area contributed by atoms with E-state index < -0.39 is 22.8 Å². The highest BCUT2D eigenvalue weighted by Gasteiger charge is 2.16. The van der Waals surface area contributed by atoms with Crippen LogP contribution in [0.15, 0.2) is 29.2 Å². The van der Waals surface area contributed by atoms with Crippen LogP contribution in [-0.2, 0) is 0 Å². The fraction of sp³-hybridized carbons (Fsp3) is 0.0714. The Labute approximate surface area is 127 Å². The van der Waals surface area contributed by atoms with Crippen molar-refractivity contribution < 1.29 is 14.3 Å². The summed E-state index contributed by atoms with van der Waals surface area (Å²) in [4.78, 5) is 27.7. The summed E-state index contributed by atoms with van der Waals surface area (Å²) >= 11 is 5.73. The van der Waals surface area contributed by atoms with Crippen LogP contribution >= 0.6 is 11.6 Å². The molecule has 2 heterocycles. The average Bonchev–Trinajstić information content (AvgIpc) is 2.47. The molecule has 0 aliphatic rings. The number of aromatic nitrogens is 2. The summed E-state index contributed by atoms with van der Waals surface area (Å²) < 4.78 is 14.9. The highest BCUT2D eigenvalue weighted by molar-refractivity contribution is 6.31. The summed E-state index contributed by atoms with van der Waals surface area (Å²) in [7, 11) is 1.55. The van der Waals surface area contributed by atoms with Crippen LogP contribution in [0.5, 0.6) is 0 Å². The first kappa shape index (κ1) is 14.3. The number of carboxylic acid groups (broad SMARTS) is 1. The number of fused-ring (bicyclic) bond motifs is 2. The lowest BCUT2D eigenvalue weighted by Crippen LogP contribution is -2.22. The van der Waals surface area contributed by atoms with Crippen molar-refractivity contribution in [2.75, 3.05) is 12.5 Å². The Hall–Kier alpha value is -2.67. The second-order valence-electron chi connectivity index (χ2n) is 4.59. The Morgan fingerprint density at radius 1 is 1.41 bits per heavy atom. The number of hydrogen-bond acceptors (Lipinski definition) is 4. The molecule has 6 nitrogen and oxygen atoms in total. The number of carboxylic acids is 1. The van der Waals surface area contributed by atoms with E-state index in [2.05, 4.69) is 10.4 Å². The molecule has 8 heteroatoms. The number of halogens is 2. The number of nitrogens with one attached hydrogen (secondary N) is 1. The molecule has 3 aromatic rings. The topological polar surface area (TPSA) is 84.2 Å². The minimum absolute atomic E-state index is 0.0727. The van der Waals surface area contributed by atoms with E-state index in [1.54, 1.807) is 7.05 Å². The van der Waals surface area contributed by atoms with Crippen LogP contribution in [0.25, 0.3) is 21.9 Å². The zero-order valence-corrected chi connectivity index (χ0v) is 12.0. The van der Waals surface area contributed by atoms with Gasteiger partial charge in [-0.05, 0) is 18.2 Å². The highest BCUT2D eigenvalue weighted by Crippen LogP contribution is 2.24. The van der Waals surface area contributed by atoms with Crippen molar-refractivity contribution in [3.63, 3.8) is 0 Å². The zero-order valence-electron chi connectivity index (χ0n) is 11.2. The third kappa shape index (κ3) is 2.06. The molecule has 0 saturated carbocycles. The molecule has 3 rings (SSSR count). The van der Waals surface area contributed by atoms with Crippen molar-refractivity contribution in [2.45, 2.75) is 0 Å². The number of rotatable bonds is 2. The van der Waals surface area contributed by atoms with E-state index in [4.69, 9.17) is 16.7 Å². The fourth-order valence-corrected chi connectivity index (χ4v) is 2.38. The Morgan fingerprint density at radius 2 is 2.14 bits per heavy atom. The molecular formula is C14H9ClFN3O3. The van der Waals surface area contributed by atoms with E-state index >= 15 is 0 Å². The van der Waals surface area contributed by atoms with Crippen LogP contribution in [0.3, 0.4) is 0 Å². The van der Waals surface area contributed by atoms with Gasteiger partial charge >= 0.3 is 5.97 Å². The number of carbonyl (C=O) groups is 1. The van der Waals surface area contributed by atoms with Gasteiger partial charge in [-0.25, -0.2) is 18.8 Å². The summed E-state index contributed by atoms with van der Waals surface area (Å²) in [6.45, 7) is 0. The molecule has 0 aliphatic heterocycles. The summed E-state index contributed by atoms with van der Waals surface area (Å²) in [5.41, 5.74) is 2.26. The Morgan fingerprint density at radius 3 is 2.77 bits per heavy atom. The van der Waals surface area contributed by atoms with Crippen LogP contribution in [0.2, 0.25) is 5.02 Å². The SMILES string of the molecule is CNn1cc(C(=O)O)c(=O)c2cc3cc(F)c(Cl)cc3nc21. The van der Waals surface area contributed by atoms with E-state index in [1.165, 1.54) is 16.8 Å². The summed E-state index contributed by atoms with van der Waals surface area (Å²) in [6, 6.07) is 3.90. The maximum Gasteiger partial charge on any atom is 0.341 e. The minimum atomic E-state index is -1.35. The van der Waals surface area contributed by atoms with Crippen molar-refractivity contribution in [1.29, 1.82) is 0 Å². The second kappa shape index (κ2) is 4.96. The van der Waals surface area contributed by atoms with Crippen molar-refractivity contribution in [3.05, 3.63) is 51.0 Å². The molecule has 1 aromatic carbocycles. The maximum absolute atomic E-state index is 13.6. The lowest BCUT2D eigenvalue weighted by atomic mass is 10.1. The van der Waals surface area contributed by atoms with E-state index in [1.807, 2.05) is 0 Å². The number of nitrogens with zero attached hydrogens (tertiary/aromatic N) is 2. The standard InChI is InChI=1S/C14H9ClFN3O3/c1-17-19-5-8(14(21)22)12(20)7-2-6-3-10(16)9(15)4-11(6)18-13(7)19/h2-5,17H,1H3,(H,21,22). The predicted molar refractivity (Wildman–Crippen MR) is 80.7 cm³/mol. The Bertz CT molecular complexity index is 1000. The third-order valence-electron chi connectivity index (χ3n) is 3.28. The fourth-order valence-electron chi connectivity index (χ4n) is 2.23. The molecule has 0 radical (unpaired) electrons. The van der Waals surface area contributed by atoms with E-state index in [0.29, 0.717) is 10.9 Å². The van der Waals surface area contributed by atoms with Gasteiger partial charge in [0, 0.05) is 18.6 Å². The van der Waals surface area contributed by atoms with Crippen LogP contribution in [0.4, 0.5) is 4.39 Å². The molecule has 0 atom stereocenters. The first-order valence-electron chi connectivity index (χ1n) is 6.18. The molecule has 0 bridgehead atoms. The molecule has 0 spiro atoms. The smallest absolute Gasteiger partial charge is 0.341 e. The summed E-state index contributed by atoms with van der Waals surface area (Å²) in [5.74, 6) is -1.99. The van der Waals surface area contributed by atoms with Gasteiger partial charge in [0.1, 0.15) is 11.4 Å². The predicted octanol–water partition coefficient (Wildman–Crippen LogP) is 2.21. The Kier molecular flexibility index (Phi) is 3.22. The quantitative estimate of drug-likeness (QED) is 0.707. The van der Waals surface area contributed by atoms with Crippen LogP contribution in [-0.4, -0.2) is 27.8 Å². The molecule has 0 unspecified atom stereocenters. The monoisotopic (exact) mass is 321 g/mol. The molecule has 0 saturated heterocycles. The molecule has 0 fully saturated rings. The molecule has 112 valence electrons. The third-order valence-corrected chi connectivity index (χ3v) is 3.57. The number of pyridine rings is 2. The first-order chi connectivity index (χ1) is 10.4. The van der Waals surface area contributed by atoms with Crippen LogP contribution < -0.4 is 10.9 Å². The van der Waals surface area contributed by atoms with E-state index in [0.717, 1.165) is 12.3 Å². The summed E-state index contributed by atoms with van der Waals surface area (Å²) in [5, 5.41) is 9.45. The van der Waals surface area contributed by atoms with E-state index in [9.17, 15) is 14.0 Å².